The number of carbonyl (C=O) groups is 1. The van der Waals surface area contributed by atoms with E-state index in [0.717, 1.165) is 33.2 Å². The molecule has 6 heteroatoms. The van der Waals surface area contributed by atoms with Crippen molar-refractivity contribution in [3.8, 4) is 11.3 Å². The van der Waals surface area contributed by atoms with Gasteiger partial charge in [0.05, 0.1) is 5.69 Å². The van der Waals surface area contributed by atoms with Crippen molar-refractivity contribution in [2.24, 2.45) is 7.05 Å². The predicted molar refractivity (Wildman–Crippen MR) is 82.8 cm³/mol. The van der Waals surface area contributed by atoms with Gasteiger partial charge in [0.15, 0.2) is 5.69 Å². The molecule has 0 aliphatic rings. The number of carboxylic acids is 1. The number of aryl methyl sites for hydroxylation is 1. The number of benzene rings is 1. The number of rotatable bonds is 2. The molecule has 0 spiro atoms. The van der Waals surface area contributed by atoms with Crippen LogP contribution in [0.5, 0.6) is 0 Å². The second-order valence-corrected chi connectivity index (χ2v) is 5.13. The van der Waals surface area contributed by atoms with Crippen LogP contribution in [0, 0.1) is 0 Å². The molecule has 0 unspecified atom stereocenters. The lowest BCUT2D eigenvalue weighted by Gasteiger charge is -2.02. The maximum absolute atomic E-state index is 11.1. The van der Waals surface area contributed by atoms with E-state index in [2.05, 4.69) is 15.1 Å². The largest absolute Gasteiger partial charge is 0.476 e. The van der Waals surface area contributed by atoms with Crippen molar-refractivity contribution >= 4 is 27.9 Å². The molecule has 3 aromatic heterocycles. The van der Waals surface area contributed by atoms with Crippen LogP contribution in [-0.2, 0) is 7.05 Å². The standard InChI is InChI=1S/C16H12N4O2/c1-20-14(8-13(19-20)16(21)22)9-4-5-12-11(7-9)10-3-2-6-17-15(10)18-12/h2-8H,1H3,(H,17,18)(H,21,22). The Morgan fingerprint density at radius 1 is 1.23 bits per heavy atom. The van der Waals surface area contributed by atoms with Crippen molar-refractivity contribution in [2.45, 2.75) is 0 Å². The van der Waals surface area contributed by atoms with Crippen LogP contribution in [0.4, 0.5) is 0 Å². The lowest BCUT2D eigenvalue weighted by Crippen LogP contribution is -1.99. The van der Waals surface area contributed by atoms with Gasteiger partial charge in [0.2, 0.25) is 0 Å². The number of nitrogens with zero attached hydrogens (tertiary/aromatic N) is 3. The Labute approximate surface area is 125 Å². The third-order valence-corrected chi connectivity index (χ3v) is 3.77. The molecular formula is C16H12N4O2. The van der Waals surface area contributed by atoms with Gasteiger partial charge >= 0.3 is 5.97 Å². The maximum atomic E-state index is 11.1. The summed E-state index contributed by atoms with van der Waals surface area (Å²) in [5.41, 5.74) is 3.56. The van der Waals surface area contributed by atoms with E-state index in [9.17, 15) is 4.79 Å². The molecule has 22 heavy (non-hydrogen) atoms. The van der Waals surface area contributed by atoms with Crippen molar-refractivity contribution in [3.05, 3.63) is 48.3 Å². The first-order chi connectivity index (χ1) is 10.6. The molecule has 0 amide bonds. The summed E-state index contributed by atoms with van der Waals surface area (Å²) in [5, 5.41) is 15.2. The summed E-state index contributed by atoms with van der Waals surface area (Å²) in [6.45, 7) is 0. The van der Waals surface area contributed by atoms with E-state index in [-0.39, 0.29) is 5.69 Å². The van der Waals surface area contributed by atoms with Gasteiger partial charge in [-0.15, -0.1) is 0 Å². The fraction of sp³-hybridized carbons (Fsp3) is 0.0625. The van der Waals surface area contributed by atoms with Gasteiger partial charge in [0.1, 0.15) is 5.65 Å². The van der Waals surface area contributed by atoms with Crippen LogP contribution in [0.25, 0.3) is 33.2 Å². The Bertz CT molecular complexity index is 1030. The summed E-state index contributed by atoms with van der Waals surface area (Å²) in [7, 11) is 1.74. The van der Waals surface area contributed by atoms with E-state index in [1.165, 1.54) is 0 Å². The van der Waals surface area contributed by atoms with Crippen LogP contribution in [0.15, 0.2) is 42.6 Å². The molecule has 0 fully saturated rings. The first kappa shape index (κ1) is 12.6. The van der Waals surface area contributed by atoms with Crippen molar-refractivity contribution < 1.29 is 9.90 Å². The fourth-order valence-corrected chi connectivity index (χ4v) is 2.73. The van der Waals surface area contributed by atoms with Crippen LogP contribution in [-0.4, -0.2) is 30.8 Å². The van der Waals surface area contributed by atoms with Crippen LogP contribution >= 0.6 is 0 Å². The van der Waals surface area contributed by atoms with E-state index in [1.54, 1.807) is 24.0 Å². The van der Waals surface area contributed by atoms with E-state index in [4.69, 9.17) is 5.11 Å². The molecule has 0 radical (unpaired) electrons. The van der Waals surface area contributed by atoms with Gasteiger partial charge in [-0.25, -0.2) is 9.78 Å². The Balaban J connectivity index is 1.96. The SMILES string of the molecule is Cn1nc(C(=O)O)cc1-c1ccc2[nH]c3ncccc3c2c1. The summed E-state index contributed by atoms with van der Waals surface area (Å²) in [5.74, 6) is -1.03. The Hall–Kier alpha value is -3.15. The summed E-state index contributed by atoms with van der Waals surface area (Å²) in [4.78, 5) is 18.6. The Kier molecular flexibility index (Phi) is 2.53. The maximum Gasteiger partial charge on any atom is 0.356 e. The second-order valence-electron chi connectivity index (χ2n) is 5.13. The van der Waals surface area contributed by atoms with Gasteiger partial charge in [-0.3, -0.25) is 4.68 Å². The van der Waals surface area contributed by atoms with E-state index in [0.29, 0.717) is 0 Å². The lowest BCUT2D eigenvalue weighted by molar-refractivity contribution is 0.0689. The number of aromatic nitrogens is 4. The van der Waals surface area contributed by atoms with Crippen molar-refractivity contribution in [3.63, 3.8) is 0 Å². The summed E-state index contributed by atoms with van der Waals surface area (Å²) in [6, 6.07) is 11.4. The number of hydrogen-bond acceptors (Lipinski definition) is 3. The van der Waals surface area contributed by atoms with Gasteiger partial charge in [-0.1, -0.05) is 6.07 Å². The summed E-state index contributed by atoms with van der Waals surface area (Å²) < 4.78 is 1.58. The molecular weight excluding hydrogens is 280 g/mol. The van der Waals surface area contributed by atoms with Gasteiger partial charge < -0.3 is 10.1 Å². The average Bonchev–Trinajstić information content (AvgIpc) is 3.07. The third kappa shape index (κ3) is 1.77. The number of H-pyrrole nitrogens is 1. The smallest absolute Gasteiger partial charge is 0.356 e. The molecule has 4 rings (SSSR count). The van der Waals surface area contributed by atoms with Gasteiger partial charge in [-0.05, 0) is 30.3 Å². The normalized spacial score (nSPS) is 11.3. The minimum absolute atomic E-state index is 0.0400. The van der Waals surface area contributed by atoms with Crippen LogP contribution < -0.4 is 0 Å². The first-order valence-electron chi connectivity index (χ1n) is 6.77. The topological polar surface area (TPSA) is 83.8 Å². The number of aromatic carboxylic acids is 1. The zero-order valence-electron chi connectivity index (χ0n) is 11.7. The number of aromatic amines is 1. The van der Waals surface area contributed by atoms with Crippen molar-refractivity contribution in [1.82, 2.24) is 19.7 Å². The first-order valence-corrected chi connectivity index (χ1v) is 6.77. The fourth-order valence-electron chi connectivity index (χ4n) is 2.73. The molecule has 0 aliphatic heterocycles. The highest BCUT2D eigenvalue weighted by Gasteiger charge is 2.14. The molecule has 108 valence electrons. The van der Waals surface area contributed by atoms with Crippen LogP contribution in [0.2, 0.25) is 0 Å². The molecule has 4 aromatic rings. The van der Waals surface area contributed by atoms with Gasteiger partial charge in [0, 0.05) is 35.1 Å². The predicted octanol–water partition coefficient (Wildman–Crippen LogP) is 2.81. The molecule has 2 N–H and O–H groups in total. The monoisotopic (exact) mass is 292 g/mol. The zero-order valence-corrected chi connectivity index (χ0v) is 11.7. The number of nitrogens with one attached hydrogen (secondary N) is 1. The molecule has 0 saturated heterocycles. The molecule has 3 heterocycles. The number of carboxylic acid groups (broad SMARTS) is 1. The zero-order chi connectivity index (χ0) is 15.3. The van der Waals surface area contributed by atoms with Gasteiger partial charge in [-0.2, -0.15) is 5.10 Å². The van der Waals surface area contributed by atoms with Crippen LogP contribution in [0.3, 0.4) is 0 Å². The quantitative estimate of drug-likeness (QED) is 0.595. The van der Waals surface area contributed by atoms with Crippen molar-refractivity contribution in [1.29, 1.82) is 0 Å². The number of fused-ring (bicyclic) bond motifs is 3. The minimum Gasteiger partial charge on any atom is -0.476 e. The lowest BCUT2D eigenvalue weighted by atomic mass is 10.1. The third-order valence-electron chi connectivity index (χ3n) is 3.77. The Morgan fingerprint density at radius 3 is 2.86 bits per heavy atom. The molecule has 6 nitrogen and oxygen atoms in total. The Morgan fingerprint density at radius 2 is 2.09 bits per heavy atom. The average molecular weight is 292 g/mol. The highest BCUT2D eigenvalue weighted by atomic mass is 16.4. The second kappa shape index (κ2) is 4.42. The van der Waals surface area contributed by atoms with Gasteiger partial charge in [0.25, 0.3) is 0 Å². The highest BCUT2D eigenvalue weighted by Crippen LogP contribution is 2.29. The van der Waals surface area contributed by atoms with E-state index in [1.807, 2.05) is 30.3 Å². The highest BCUT2D eigenvalue weighted by molar-refractivity contribution is 6.07. The van der Waals surface area contributed by atoms with Crippen LogP contribution in [0.1, 0.15) is 10.5 Å². The summed E-state index contributed by atoms with van der Waals surface area (Å²) >= 11 is 0. The number of hydrogen-bond donors (Lipinski definition) is 2. The number of pyridine rings is 1. The molecule has 0 bridgehead atoms. The summed E-state index contributed by atoms with van der Waals surface area (Å²) in [6.07, 6.45) is 1.75. The van der Waals surface area contributed by atoms with E-state index < -0.39 is 5.97 Å². The molecule has 0 atom stereocenters. The molecule has 0 aliphatic carbocycles. The van der Waals surface area contributed by atoms with Crippen molar-refractivity contribution in [2.75, 3.05) is 0 Å². The molecule has 1 aromatic carbocycles. The van der Waals surface area contributed by atoms with E-state index >= 15 is 0 Å². The minimum atomic E-state index is -1.03. The molecule has 0 saturated carbocycles.